The van der Waals surface area contributed by atoms with Gasteiger partial charge in [-0.25, -0.2) is 13.1 Å². The van der Waals surface area contributed by atoms with Gasteiger partial charge in [-0.3, -0.25) is 4.79 Å². The first kappa shape index (κ1) is 19.5. The average molecular weight is 388 g/mol. The molecule has 3 rings (SSSR count). The second-order valence-corrected chi connectivity index (χ2v) is 8.62. The summed E-state index contributed by atoms with van der Waals surface area (Å²) in [6.07, 6.45) is 0. The molecule has 2 aromatic rings. The first-order valence-corrected chi connectivity index (χ1v) is 10.5. The Morgan fingerprint density at radius 1 is 1.04 bits per heavy atom. The van der Waals surface area contributed by atoms with E-state index in [0.29, 0.717) is 24.2 Å². The molecule has 0 aliphatic carbocycles. The average Bonchev–Trinajstić information content (AvgIpc) is 2.67. The molecule has 0 unspecified atom stereocenters. The molecule has 2 aromatic carbocycles. The summed E-state index contributed by atoms with van der Waals surface area (Å²) in [5.74, 6) is -0.123. The van der Waals surface area contributed by atoms with E-state index in [1.54, 1.807) is 24.0 Å². The van der Waals surface area contributed by atoms with Crippen LogP contribution in [0, 0.1) is 6.92 Å². The Kier molecular flexibility index (Phi) is 5.94. The van der Waals surface area contributed by atoms with Crippen molar-refractivity contribution in [3.63, 3.8) is 0 Å². The number of hydrogen-bond acceptors (Lipinski definition) is 4. The SMILES string of the molecule is Cc1ccc(C(=O)N2CCN(C)CC2)cc1S(=O)(=O)NCc1ccccc1. The molecule has 0 radical (unpaired) electrons. The first-order valence-electron chi connectivity index (χ1n) is 8.99. The van der Waals surface area contributed by atoms with Crippen molar-refractivity contribution in [2.24, 2.45) is 0 Å². The van der Waals surface area contributed by atoms with E-state index < -0.39 is 10.0 Å². The Bertz CT molecular complexity index is 905. The van der Waals surface area contributed by atoms with Gasteiger partial charge in [0, 0.05) is 38.3 Å². The lowest BCUT2D eigenvalue weighted by Crippen LogP contribution is -2.47. The number of amides is 1. The van der Waals surface area contributed by atoms with E-state index >= 15 is 0 Å². The Morgan fingerprint density at radius 3 is 2.37 bits per heavy atom. The van der Waals surface area contributed by atoms with Gasteiger partial charge in [-0.15, -0.1) is 0 Å². The molecular formula is C20H25N3O3S. The third-order valence-electron chi connectivity index (χ3n) is 4.82. The van der Waals surface area contributed by atoms with Gasteiger partial charge >= 0.3 is 0 Å². The van der Waals surface area contributed by atoms with Crippen LogP contribution in [0.4, 0.5) is 0 Å². The van der Waals surface area contributed by atoms with Crippen molar-refractivity contribution in [2.75, 3.05) is 33.2 Å². The summed E-state index contributed by atoms with van der Waals surface area (Å²) in [6.45, 7) is 4.89. The summed E-state index contributed by atoms with van der Waals surface area (Å²) < 4.78 is 28.2. The fourth-order valence-electron chi connectivity index (χ4n) is 3.07. The summed E-state index contributed by atoms with van der Waals surface area (Å²) in [5, 5.41) is 0. The number of aryl methyl sites for hydroxylation is 1. The predicted octanol–water partition coefficient (Wildman–Crippen LogP) is 1.86. The summed E-state index contributed by atoms with van der Waals surface area (Å²) in [6, 6.07) is 14.2. The van der Waals surface area contributed by atoms with Crippen molar-refractivity contribution < 1.29 is 13.2 Å². The fourth-order valence-corrected chi connectivity index (χ4v) is 4.35. The molecule has 0 spiro atoms. The molecule has 0 saturated carbocycles. The maximum Gasteiger partial charge on any atom is 0.253 e. The van der Waals surface area contributed by atoms with E-state index in [-0.39, 0.29) is 17.3 Å². The minimum Gasteiger partial charge on any atom is -0.336 e. The largest absolute Gasteiger partial charge is 0.336 e. The van der Waals surface area contributed by atoms with Gasteiger partial charge in [-0.1, -0.05) is 36.4 Å². The van der Waals surface area contributed by atoms with Gasteiger partial charge in [0.1, 0.15) is 0 Å². The molecule has 0 bridgehead atoms. The van der Waals surface area contributed by atoms with Gasteiger partial charge in [0.25, 0.3) is 5.91 Å². The Morgan fingerprint density at radius 2 is 1.70 bits per heavy atom. The molecule has 27 heavy (non-hydrogen) atoms. The van der Waals surface area contributed by atoms with Gasteiger partial charge < -0.3 is 9.80 Å². The number of nitrogens with one attached hydrogen (secondary N) is 1. The van der Waals surface area contributed by atoms with E-state index in [4.69, 9.17) is 0 Å². The number of carbonyl (C=O) groups excluding carboxylic acids is 1. The number of sulfonamides is 1. The zero-order chi connectivity index (χ0) is 19.4. The van der Waals surface area contributed by atoms with Crippen LogP contribution < -0.4 is 4.72 Å². The van der Waals surface area contributed by atoms with Crippen molar-refractivity contribution in [3.05, 3.63) is 65.2 Å². The van der Waals surface area contributed by atoms with Crippen molar-refractivity contribution >= 4 is 15.9 Å². The van der Waals surface area contributed by atoms with Gasteiger partial charge in [0.15, 0.2) is 0 Å². The van der Waals surface area contributed by atoms with E-state index in [1.807, 2.05) is 37.4 Å². The van der Waals surface area contributed by atoms with Crippen LogP contribution in [0.5, 0.6) is 0 Å². The Labute approximate surface area is 160 Å². The number of carbonyl (C=O) groups is 1. The van der Waals surface area contributed by atoms with Crippen molar-refractivity contribution in [3.8, 4) is 0 Å². The van der Waals surface area contributed by atoms with Crippen LogP contribution in [0.2, 0.25) is 0 Å². The number of hydrogen-bond donors (Lipinski definition) is 1. The molecule has 1 heterocycles. The van der Waals surface area contributed by atoms with Gasteiger partial charge in [0.05, 0.1) is 4.90 Å². The molecule has 6 nitrogen and oxygen atoms in total. The molecular weight excluding hydrogens is 362 g/mol. The minimum absolute atomic E-state index is 0.123. The van der Waals surface area contributed by atoms with E-state index in [0.717, 1.165) is 18.7 Å². The quantitative estimate of drug-likeness (QED) is 0.850. The lowest BCUT2D eigenvalue weighted by molar-refractivity contribution is 0.0664. The number of piperazine rings is 1. The molecule has 7 heteroatoms. The Hall–Kier alpha value is -2.22. The minimum atomic E-state index is -3.71. The van der Waals surface area contributed by atoms with Gasteiger partial charge in [0.2, 0.25) is 10.0 Å². The van der Waals surface area contributed by atoms with E-state index in [1.165, 1.54) is 6.07 Å². The third kappa shape index (κ3) is 4.74. The van der Waals surface area contributed by atoms with E-state index in [9.17, 15) is 13.2 Å². The molecule has 1 aliphatic heterocycles. The number of likely N-dealkylation sites (N-methyl/N-ethyl adjacent to an activating group) is 1. The van der Waals surface area contributed by atoms with Crippen LogP contribution in [0.1, 0.15) is 21.5 Å². The molecule has 1 saturated heterocycles. The molecule has 1 aliphatic rings. The zero-order valence-corrected chi connectivity index (χ0v) is 16.5. The topological polar surface area (TPSA) is 69.7 Å². The van der Waals surface area contributed by atoms with Crippen LogP contribution in [0.25, 0.3) is 0 Å². The highest BCUT2D eigenvalue weighted by molar-refractivity contribution is 7.89. The second-order valence-electron chi connectivity index (χ2n) is 6.89. The standard InChI is InChI=1S/C20H25N3O3S/c1-16-8-9-18(20(24)23-12-10-22(2)11-13-23)14-19(16)27(25,26)21-15-17-6-4-3-5-7-17/h3-9,14,21H,10-13,15H2,1-2H3. The number of benzene rings is 2. The van der Waals surface area contributed by atoms with Crippen LogP contribution >= 0.6 is 0 Å². The highest BCUT2D eigenvalue weighted by atomic mass is 32.2. The summed E-state index contributed by atoms with van der Waals surface area (Å²) in [7, 11) is -1.69. The van der Waals surface area contributed by atoms with Crippen LogP contribution in [-0.4, -0.2) is 57.4 Å². The van der Waals surface area contributed by atoms with Crippen LogP contribution in [-0.2, 0) is 16.6 Å². The Balaban J connectivity index is 1.79. The highest BCUT2D eigenvalue weighted by Gasteiger charge is 2.23. The molecule has 144 valence electrons. The lowest BCUT2D eigenvalue weighted by atomic mass is 10.1. The predicted molar refractivity (Wildman–Crippen MR) is 105 cm³/mol. The van der Waals surface area contributed by atoms with Crippen LogP contribution in [0.3, 0.4) is 0 Å². The molecule has 0 aromatic heterocycles. The third-order valence-corrected chi connectivity index (χ3v) is 6.37. The molecule has 1 N–H and O–H groups in total. The maximum absolute atomic E-state index is 12.8. The number of nitrogens with zero attached hydrogens (tertiary/aromatic N) is 2. The van der Waals surface area contributed by atoms with Crippen molar-refractivity contribution in [1.29, 1.82) is 0 Å². The summed E-state index contributed by atoms with van der Waals surface area (Å²) in [4.78, 5) is 16.9. The normalized spacial score (nSPS) is 15.7. The number of rotatable bonds is 5. The molecule has 0 atom stereocenters. The van der Waals surface area contributed by atoms with Crippen LogP contribution in [0.15, 0.2) is 53.4 Å². The maximum atomic E-state index is 12.8. The first-order chi connectivity index (χ1) is 12.9. The monoisotopic (exact) mass is 387 g/mol. The summed E-state index contributed by atoms with van der Waals surface area (Å²) >= 11 is 0. The highest BCUT2D eigenvalue weighted by Crippen LogP contribution is 2.19. The van der Waals surface area contributed by atoms with E-state index in [2.05, 4.69) is 9.62 Å². The smallest absolute Gasteiger partial charge is 0.253 e. The fraction of sp³-hybridized carbons (Fsp3) is 0.350. The van der Waals surface area contributed by atoms with Crippen molar-refractivity contribution in [1.82, 2.24) is 14.5 Å². The van der Waals surface area contributed by atoms with Gasteiger partial charge in [-0.2, -0.15) is 0 Å². The second kappa shape index (κ2) is 8.21. The molecule has 1 fully saturated rings. The zero-order valence-electron chi connectivity index (χ0n) is 15.7. The van der Waals surface area contributed by atoms with Gasteiger partial charge in [-0.05, 0) is 37.2 Å². The summed E-state index contributed by atoms with van der Waals surface area (Å²) in [5.41, 5.74) is 1.90. The molecule has 1 amide bonds. The van der Waals surface area contributed by atoms with Crippen molar-refractivity contribution in [2.45, 2.75) is 18.4 Å². The lowest BCUT2D eigenvalue weighted by Gasteiger charge is -2.32.